The molecule has 0 aliphatic heterocycles. The first-order chi connectivity index (χ1) is 8.20. The summed E-state index contributed by atoms with van der Waals surface area (Å²) in [6.45, 7) is 0.278. The first-order valence-electron chi connectivity index (χ1n) is 5.59. The predicted molar refractivity (Wildman–Crippen MR) is 72.7 cm³/mol. The lowest BCUT2D eigenvalue weighted by Gasteiger charge is -2.32. The van der Waals surface area contributed by atoms with Crippen LogP contribution in [0.3, 0.4) is 0 Å². The number of nitrogens with two attached hydrogens (primary N) is 1. The van der Waals surface area contributed by atoms with Gasteiger partial charge in [0.05, 0.1) is 0 Å². The number of hydrogen-bond donors (Lipinski definition) is 2. The van der Waals surface area contributed by atoms with Crippen molar-refractivity contribution < 1.29 is 5.11 Å². The van der Waals surface area contributed by atoms with Gasteiger partial charge in [0.1, 0.15) is 15.0 Å². The Morgan fingerprint density at radius 3 is 3.00 bits per heavy atom. The van der Waals surface area contributed by atoms with E-state index in [-0.39, 0.29) is 6.61 Å². The van der Waals surface area contributed by atoms with Crippen LogP contribution >= 0.6 is 22.6 Å². The highest BCUT2D eigenvalue weighted by Crippen LogP contribution is 2.41. The number of imidazole rings is 1. The zero-order valence-electron chi connectivity index (χ0n) is 9.17. The standard InChI is InChI=1S/C11H13IN4O/c12-9-8-10(13)14-1-2-16(8)11(15-9)7-3-6(4-7)5-17/h1-2,6-7,17H,3-5H2,(H2,13,14). The third-order valence-corrected chi connectivity index (χ3v) is 4.18. The predicted octanol–water partition coefficient (Wildman–Crippen LogP) is 1.40. The van der Waals surface area contributed by atoms with Crippen molar-refractivity contribution in [3.05, 3.63) is 21.9 Å². The van der Waals surface area contributed by atoms with Crippen molar-refractivity contribution in [2.24, 2.45) is 5.92 Å². The van der Waals surface area contributed by atoms with E-state index in [0.717, 1.165) is 27.9 Å². The maximum atomic E-state index is 9.05. The Morgan fingerprint density at radius 1 is 1.53 bits per heavy atom. The Bertz CT molecular complexity index is 562. The minimum atomic E-state index is 0.278. The van der Waals surface area contributed by atoms with Crippen molar-refractivity contribution in [2.45, 2.75) is 18.8 Å². The average molecular weight is 344 g/mol. The third-order valence-electron chi connectivity index (χ3n) is 3.43. The number of nitrogen functional groups attached to an aromatic ring is 1. The first kappa shape index (κ1) is 11.2. The van der Waals surface area contributed by atoms with Crippen molar-refractivity contribution in [3.8, 4) is 0 Å². The van der Waals surface area contributed by atoms with E-state index in [1.165, 1.54) is 0 Å². The molecule has 2 heterocycles. The fourth-order valence-electron chi connectivity index (χ4n) is 2.43. The highest BCUT2D eigenvalue weighted by Gasteiger charge is 2.33. The van der Waals surface area contributed by atoms with E-state index in [1.54, 1.807) is 6.20 Å². The number of hydrogen-bond acceptors (Lipinski definition) is 4. The van der Waals surface area contributed by atoms with Gasteiger partial charge in [-0.3, -0.25) is 4.40 Å². The average Bonchev–Trinajstić information content (AvgIpc) is 2.56. The second-order valence-corrected chi connectivity index (χ2v) is 5.53. The second-order valence-electron chi connectivity index (χ2n) is 4.51. The molecule has 1 fully saturated rings. The Kier molecular flexibility index (Phi) is 2.70. The summed E-state index contributed by atoms with van der Waals surface area (Å²) >= 11 is 2.19. The highest BCUT2D eigenvalue weighted by molar-refractivity contribution is 14.1. The zero-order valence-corrected chi connectivity index (χ0v) is 11.3. The van der Waals surface area contributed by atoms with Gasteiger partial charge in [-0.1, -0.05) is 0 Å². The lowest BCUT2D eigenvalue weighted by atomic mass is 9.75. The molecule has 0 amide bonds. The molecule has 0 spiro atoms. The summed E-state index contributed by atoms with van der Waals surface area (Å²) in [5.74, 6) is 2.44. The minimum absolute atomic E-state index is 0.278. The molecule has 2 aromatic heterocycles. The number of aromatic nitrogens is 3. The van der Waals surface area contributed by atoms with Crippen molar-refractivity contribution in [1.29, 1.82) is 0 Å². The molecule has 0 bridgehead atoms. The van der Waals surface area contributed by atoms with E-state index in [4.69, 9.17) is 10.8 Å². The molecular weight excluding hydrogens is 331 g/mol. The molecule has 6 heteroatoms. The highest BCUT2D eigenvalue weighted by atomic mass is 127. The summed E-state index contributed by atoms with van der Waals surface area (Å²) < 4.78 is 2.93. The van der Waals surface area contributed by atoms with E-state index < -0.39 is 0 Å². The molecule has 90 valence electrons. The number of rotatable bonds is 2. The number of anilines is 1. The fraction of sp³-hybridized carbons (Fsp3) is 0.455. The number of halogens is 1. The lowest BCUT2D eigenvalue weighted by molar-refractivity contribution is 0.138. The van der Waals surface area contributed by atoms with E-state index in [9.17, 15) is 0 Å². The quantitative estimate of drug-likeness (QED) is 0.808. The van der Waals surface area contributed by atoms with Gasteiger partial charge in [-0.05, 0) is 41.4 Å². The van der Waals surface area contributed by atoms with Gasteiger partial charge in [-0.25, -0.2) is 9.97 Å². The van der Waals surface area contributed by atoms with Gasteiger partial charge in [0.2, 0.25) is 0 Å². The van der Waals surface area contributed by atoms with E-state index >= 15 is 0 Å². The summed E-state index contributed by atoms with van der Waals surface area (Å²) in [6.07, 6.45) is 5.62. The normalized spacial score (nSPS) is 23.9. The van der Waals surface area contributed by atoms with E-state index in [0.29, 0.717) is 17.7 Å². The molecular formula is C11H13IN4O. The van der Waals surface area contributed by atoms with Gasteiger partial charge in [0.15, 0.2) is 5.82 Å². The topological polar surface area (TPSA) is 76.4 Å². The molecule has 0 unspecified atom stereocenters. The maximum absolute atomic E-state index is 9.05. The first-order valence-corrected chi connectivity index (χ1v) is 6.67. The van der Waals surface area contributed by atoms with Gasteiger partial charge in [0.25, 0.3) is 0 Å². The van der Waals surface area contributed by atoms with Crippen LogP contribution in [-0.4, -0.2) is 26.1 Å². The van der Waals surface area contributed by atoms with Gasteiger partial charge in [-0.15, -0.1) is 0 Å². The SMILES string of the molecule is Nc1nccn2c(C3CC(CO)C3)nc(I)c12. The smallest absolute Gasteiger partial charge is 0.150 e. The molecule has 0 radical (unpaired) electrons. The van der Waals surface area contributed by atoms with Crippen LogP contribution in [0.25, 0.3) is 5.52 Å². The summed E-state index contributed by atoms with van der Waals surface area (Å²) in [4.78, 5) is 8.68. The monoisotopic (exact) mass is 344 g/mol. The Balaban J connectivity index is 2.04. The summed E-state index contributed by atoms with van der Waals surface area (Å²) in [6, 6.07) is 0. The van der Waals surface area contributed by atoms with Crippen LogP contribution in [0.4, 0.5) is 5.82 Å². The van der Waals surface area contributed by atoms with Crippen LogP contribution in [0.5, 0.6) is 0 Å². The Hall–Kier alpha value is -0.890. The van der Waals surface area contributed by atoms with Crippen LogP contribution in [0.1, 0.15) is 24.6 Å². The Morgan fingerprint density at radius 2 is 2.29 bits per heavy atom. The van der Waals surface area contributed by atoms with Crippen molar-refractivity contribution in [2.75, 3.05) is 12.3 Å². The number of nitrogens with zero attached hydrogens (tertiary/aromatic N) is 3. The van der Waals surface area contributed by atoms with Crippen LogP contribution in [0.15, 0.2) is 12.4 Å². The van der Waals surface area contributed by atoms with Gasteiger partial charge in [-0.2, -0.15) is 0 Å². The van der Waals surface area contributed by atoms with Crippen LogP contribution in [0, 0.1) is 9.62 Å². The van der Waals surface area contributed by atoms with E-state index in [2.05, 4.69) is 32.6 Å². The molecule has 3 N–H and O–H groups in total. The number of fused-ring (bicyclic) bond motifs is 1. The molecule has 2 aromatic rings. The molecule has 0 aromatic carbocycles. The van der Waals surface area contributed by atoms with Crippen molar-refractivity contribution in [1.82, 2.24) is 14.4 Å². The maximum Gasteiger partial charge on any atom is 0.150 e. The summed E-state index contributed by atoms with van der Waals surface area (Å²) in [5, 5.41) is 9.05. The Labute approximate surface area is 112 Å². The van der Waals surface area contributed by atoms with Crippen molar-refractivity contribution >= 4 is 33.9 Å². The summed E-state index contributed by atoms with van der Waals surface area (Å²) in [5.41, 5.74) is 6.77. The van der Waals surface area contributed by atoms with E-state index in [1.807, 2.05) is 10.6 Å². The van der Waals surface area contributed by atoms with Crippen molar-refractivity contribution in [3.63, 3.8) is 0 Å². The molecule has 3 rings (SSSR count). The largest absolute Gasteiger partial charge is 0.396 e. The number of aliphatic hydroxyl groups excluding tert-OH is 1. The van der Waals surface area contributed by atoms with Gasteiger partial charge in [0, 0.05) is 24.9 Å². The lowest BCUT2D eigenvalue weighted by Crippen LogP contribution is -2.26. The molecule has 17 heavy (non-hydrogen) atoms. The third kappa shape index (κ3) is 1.70. The molecule has 1 aliphatic rings. The molecule has 0 atom stereocenters. The minimum Gasteiger partial charge on any atom is -0.396 e. The van der Waals surface area contributed by atoms with Gasteiger partial charge < -0.3 is 10.8 Å². The molecule has 5 nitrogen and oxygen atoms in total. The molecule has 1 saturated carbocycles. The molecule has 0 saturated heterocycles. The van der Waals surface area contributed by atoms with Crippen LogP contribution in [-0.2, 0) is 0 Å². The van der Waals surface area contributed by atoms with Crippen LogP contribution in [0.2, 0.25) is 0 Å². The molecule has 1 aliphatic carbocycles. The zero-order chi connectivity index (χ0) is 12.0. The fourth-order valence-corrected chi connectivity index (χ4v) is 3.21. The summed E-state index contributed by atoms with van der Waals surface area (Å²) in [7, 11) is 0. The van der Waals surface area contributed by atoms with Crippen LogP contribution < -0.4 is 5.73 Å². The number of aliphatic hydroxyl groups is 1. The second kappa shape index (κ2) is 4.09. The van der Waals surface area contributed by atoms with Gasteiger partial charge >= 0.3 is 0 Å².